The van der Waals surface area contributed by atoms with E-state index in [1.807, 2.05) is 0 Å². The fourth-order valence-electron chi connectivity index (χ4n) is 2.55. The summed E-state index contributed by atoms with van der Waals surface area (Å²) in [5, 5.41) is 21.4. The van der Waals surface area contributed by atoms with Crippen LogP contribution >= 0.6 is 11.6 Å². The van der Waals surface area contributed by atoms with Crippen LogP contribution in [0.15, 0.2) is 48.5 Å². The monoisotopic (exact) mass is 410 g/mol. The molecule has 8 heteroatoms. The summed E-state index contributed by atoms with van der Waals surface area (Å²) in [5.41, 5.74) is 1.47. The zero-order chi connectivity index (χ0) is 21.0. The number of hydrogen-bond donors (Lipinski definition) is 2. The minimum absolute atomic E-state index is 0.0723. The van der Waals surface area contributed by atoms with E-state index in [2.05, 4.69) is 15.3 Å². The van der Waals surface area contributed by atoms with Crippen molar-refractivity contribution >= 4 is 17.5 Å². The van der Waals surface area contributed by atoms with Crippen LogP contribution < -0.4 is 5.32 Å². The molecule has 0 aliphatic heterocycles. The molecule has 0 saturated carbocycles. The highest BCUT2D eigenvalue weighted by atomic mass is 35.5. The highest BCUT2D eigenvalue weighted by Gasteiger charge is 2.16. The molecule has 0 radical (unpaired) electrons. The van der Waals surface area contributed by atoms with E-state index in [9.17, 15) is 14.3 Å². The molecule has 146 valence electrons. The number of benzene rings is 2. The standard InChI is InChI=1S/C21H16ClFN4O2/c1-12(11-28)25-21(29)19-9-18(13-2-5-16(22)6-3-13)26-20(27-19)14-4-7-17(23)15(8-14)10-24/h2-9,12,28H,11H2,1H3,(H,25,29)/t12-/m0/s1. The van der Waals surface area contributed by atoms with Crippen LogP contribution in [0.4, 0.5) is 4.39 Å². The third kappa shape index (κ3) is 4.74. The summed E-state index contributed by atoms with van der Waals surface area (Å²) in [7, 11) is 0. The Morgan fingerprint density at radius 2 is 1.90 bits per heavy atom. The van der Waals surface area contributed by atoms with E-state index in [4.69, 9.17) is 16.9 Å². The van der Waals surface area contributed by atoms with E-state index < -0.39 is 17.8 Å². The molecule has 0 spiro atoms. The molecule has 0 aliphatic rings. The van der Waals surface area contributed by atoms with Crippen molar-refractivity contribution in [2.45, 2.75) is 13.0 Å². The van der Waals surface area contributed by atoms with Crippen LogP contribution in [-0.2, 0) is 0 Å². The first-order valence-corrected chi connectivity index (χ1v) is 9.06. The number of halogens is 2. The third-order valence-corrected chi connectivity index (χ3v) is 4.35. The number of carbonyl (C=O) groups is 1. The lowest BCUT2D eigenvalue weighted by molar-refractivity contribution is 0.0917. The zero-order valence-electron chi connectivity index (χ0n) is 15.4. The largest absolute Gasteiger partial charge is 0.394 e. The van der Waals surface area contributed by atoms with E-state index >= 15 is 0 Å². The number of hydrogen-bond acceptors (Lipinski definition) is 5. The molecule has 1 aromatic heterocycles. The average molecular weight is 411 g/mol. The first-order valence-electron chi connectivity index (χ1n) is 8.68. The van der Waals surface area contributed by atoms with Crippen molar-refractivity contribution in [1.82, 2.24) is 15.3 Å². The maximum Gasteiger partial charge on any atom is 0.270 e. The summed E-state index contributed by atoms with van der Waals surface area (Å²) in [6, 6.07) is 13.6. The van der Waals surface area contributed by atoms with Gasteiger partial charge in [-0.1, -0.05) is 23.7 Å². The lowest BCUT2D eigenvalue weighted by Gasteiger charge is -2.12. The Balaban J connectivity index is 2.13. The van der Waals surface area contributed by atoms with Gasteiger partial charge in [-0.25, -0.2) is 14.4 Å². The Labute approximate surface area is 171 Å². The van der Waals surface area contributed by atoms with E-state index in [1.54, 1.807) is 37.3 Å². The van der Waals surface area contributed by atoms with Gasteiger partial charge >= 0.3 is 0 Å². The molecule has 0 unspecified atom stereocenters. The van der Waals surface area contributed by atoms with Crippen molar-refractivity contribution in [2.24, 2.45) is 0 Å². The molecule has 2 aromatic carbocycles. The van der Waals surface area contributed by atoms with Crippen LogP contribution in [0, 0.1) is 17.1 Å². The van der Waals surface area contributed by atoms with Gasteiger partial charge in [0.2, 0.25) is 0 Å². The molecule has 0 fully saturated rings. The summed E-state index contributed by atoms with van der Waals surface area (Å²) in [4.78, 5) is 21.3. The van der Waals surface area contributed by atoms with E-state index in [0.29, 0.717) is 21.8 Å². The van der Waals surface area contributed by atoms with E-state index in [-0.39, 0.29) is 23.7 Å². The summed E-state index contributed by atoms with van der Waals surface area (Å²) in [6.45, 7) is 1.43. The predicted octanol–water partition coefficient (Wildman–Crippen LogP) is 3.59. The molecule has 29 heavy (non-hydrogen) atoms. The van der Waals surface area contributed by atoms with Crippen LogP contribution in [0.1, 0.15) is 23.0 Å². The van der Waals surface area contributed by atoms with E-state index in [1.165, 1.54) is 18.2 Å². The van der Waals surface area contributed by atoms with Crippen LogP contribution in [0.3, 0.4) is 0 Å². The quantitative estimate of drug-likeness (QED) is 0.669. The Kier molecular flexibility index (Phi) is 6.17. The van der Waals surface area contributed by atoms with Gasteiger partial charge in [-0.15, -0.1) is 0 Å². The molecule has 0 saturated heterocycles. The smallest absolute Gasteiger partial charge is 0.270 e. The number of amides is 1. The number of nitrogens with zero attached hydrogens (tertiary/aromatic N) is 3. The van der Waals surface area contributed by atoms with Crippen molar-refractivity contribution in [3.05, 3.63) is 70.6 Å². The highest BCUT2D eigenvalue weighted by Crippen LogP contribution is 2.25. The fourth-order valence-corrected chi connectivity index (χ4v) is 2.68. The van der Waals surface area contributed by atoms with Gasteiger partial charge in [-0.3, -0.25) is 4.79 Å². The number of aliphatic hydroxyl groups excluding tert-OH is 1. The van der Waals surface area contributed by atoms with Crippen molar-refractivity contribution < 1.29 is 14.3 Å². The van der Waals surface area contributed by atoms with Gasteiger partial charge in [0.25, 0.3) is 5.91 Å². The number of aliphatic hydroxyl groups is 1. The maximum atomic E-state index is 13.7. The number of nitriles is 1. The van der Waals surface area contributed by atoms with Gasteiger partial charge in [0.15, 0.2) is 5.82 Å². The van der Waals surface area contributed by atoms with Crippen LogP contribution in [0.5, 0.6) is 0 Å². The topological polar surface area (TPSA) is 98.9 Å². The van der Waals surface area contributed by atoms with Gasteiger partial charge < -0.3 is 10.4 Å². The zero-order valence-corrected chi connectivity index (χ0v) is 16.1. The van der Waals surface area contributed by atoms with Crippen LogP contribution in [0.2, 0.25) is 5.02 Å². The van der Waals surface area contributed by atoms with Crippen LogP contribution in [-0.4, -0.2) is 33.6 Å². The van der Waals surface area contributed by atoms with Gasteiger partial charge in [0, 0.05) is 22.2 Å². The molecule has 3 aromatic rings. The molecule has 1 amide bonds. The summed E-state index contributed by atoms with van der Waals surface area (Å²) in [5.74, 6) is -0.983. The predicted molar refractivity (Wildman–Crippen MR) is 107 cm³/mol. The Morgan fingerprint density at radius 1 is 1.21 bits per heavy atom. The molecule has 3 rings (SSSR count). The first-order chi connectivity index (χ1) is 13.9. The van der Waals surface area contributed by atoms with Gasteiger partial charge in [-0.2, -0.15) is 5.26 Å². The summed E-state index contributed by atoms with van der Waals surface area (Å²) in [6.07, 6.45) is 0. The van der Waals surface area contributed by atoms with Crippen molar-refractivity contribution in [2.75, 3.05) is 6.61 Å². The van der Waals surface area contributed by atoms with Gasteiger partial charge in [0.05, 0.1) is 17.9 Å². The lowest BCUT2D eigenvalue weighted by atomic mass is 10.1. The fraction of sp³-hybridized carbons (Fsp3) is 0.143. The minimum Gasteiger partial charge on any atom is -0.394 e. The highest BCUT2D eigenvalue weighted by molar-refractivity contribution is 6.30. The second-order valence-electron chi connectivity index (χ2n) is 6.33. The molecule has 0 aliphatic carbocycles. The van der Waals surface area contributed by atoms with Gasteiger partial charge in [-0.05, 0) is 43.3 Å². The SMILES string of the molecule is C[C@@H](CO)NC(=O)c1cc(-c2ccc(Cl)cc2)nc(-c2ccc(F)c(C#N)c2)n1. The number of aromatic nitrogens is 2. The lowest BCUT2D eigenvalue weighted by Crippen LogP contribution is -2.35. The van der Waals surface area contributed by atoms with Crippen molar-refractivity contribution in [3.8, 4) is 28.7 Å². The first kappa shape index (κ1) is 20.4. The molecule has 1 atom stereocenters. The summed E-state index contributed by atoms with van der Waals surface area (Å²) < 4.78 is 13.7. The molecule has 1 heterocycles. The third-order valence-electron chi connectivity index (χ3n) is 4.10. The second-order valence-corrected chi connectivity index (χ2v) is 6.77. The Bertz CT molecular complexity index is 1100. The molecule has 2 N–H and O–H groups in total. The van der Waals surface area contributed by atoms with E-state index in [0.717, 1.165) is 6.07 Å². The molecule has 6 nitrogen and oxygen atoms in total. The number of rotatable bonds is 5. The molecular weight excluding hydrogens is 395 g/mol. The number of nitrogens with one attached hydrogen (secondary N) is 1. The van der Waals surface area contributed by atoms with Gasteiger partial charge in [0.1, 0.15) is 17.6 Å². The Hall–Kier alpha value is -3.34. The average Bonchev–Trinajstić information content (AvgIpc) is 2.74. The summed E-state index contributed by atoms with van der Waals surface area (Å²) >= 11 is 5.94. The minimum atomic E-state index is -0.653. The molecular formula is C21H16ClFN4O2. The maximum absolute atomic E-state index is 13.7. The van der Waals surface area contributed by atoms with Crippen molar-refractivity contribution in [1.29, 1.82) is 5.26 Å². The Morgan fingerprint density at radius 3 is 2.55 bits per heavy atom. The normalized spacial score (nSPS) is 11.6. The van der Waals surface area contributed by atoms with Crippen LogP contribution in [0.25, 0.3) is 22.6 Å². The molecule has 0 bridgehead atoms. The second kappa shape index (κ2) is 8.78. The number of carbonyl (C=O) groups excluding carboxylic acids is 1. The van der Waals surface area contributed by atoms with Crippen molar-refractivity contribution in [3.63, 3.8) is 0 Å².